The number of nitrogens with zero attached hydrogens (tertiary/aromatic N) is 1. The maximum atomic E-state index is 8.85. The second-order valence-electron chi connectivity index (χ2n) is 3.13. The Kier molecular flexibility index (Phi) is 3.20. The minimum Gasteiger partial charge on any atom is -0.397 e. The molecule has 0 saturated carbocycles. The van der Waals surface area contributed by atoms with E-state index in [1.165, 1.54) is 11.3 Å². The molecule has 0 unspecified atom stereocenters. The summed E-state index contributed by atoms with van der Waals surface area (Å²) in [5.41, 5.74) is 7.18. The Balaban J connectivity index is 2.59. The summed E-state index contributed by atoms with van der Waals surface area (Å²) in [5.74, 6) is 0. The van der Waals surface area contributed by atoms with Gasteiger partial charge in [-0.3, -0.25) is 0 Å². The first kappa shape index (κ1) is 11.5. The molecule has 0 aliphatic heterocycles. The molecule has 2 nitrogen and oxygen atoms in total. The van der Waals surface area contributed by atoms with Crippen molar-refractivity contribution < 1.29 is 0 Å². The van der Waals surface area contributed by atoms with Crippen molar-refractivity contribution in [2.45, 2.75) is 0 Å². The quantitative estimate of drug-likeness (QED) is 0.854. The van der Waals surface area contributed by atoms with Crippen molar-refractivity contribution in [2.75, 3.05) is 5.73 Å². The predicted octanol–water partition coefficient (Wildman–Crippen LogP) is 4.28. The lowest BCUT2D eigenvalue weighted by molar-refractivity contribution is 1.52. The summed E-state index contributed by atoms with van der Waals surface area (Å²) in [6, 6.07) is 9.38. The van der Waals surface area contributed by atoms with E-state index in [-0.39, 0.29) is 0 Å². The molecule has 0 radical (unpaired) electrons. The maximum Gasteiger partial charge on any atom is 0.128 e. The van der Waals surface area contributed by atoms with Crippen LogP contribution in [0.15, 0.2) is 28.7 Å². The van der Waals surface area contributed by atoms with Crippen molar-refractivity contribution in [3.05, 3.63) is 38.6 Å². The van der Waals surface area contributed by atoms with Gasteiger partial charge in [-0.15, -0.1) is 11.3 Å². The van der Waals surface area contributed by atoms with Crippen molar-refractivity contribution in [1.29, 1.82) is 5.26 Å². The van der Waals surface area contributed by atoms with E-state index in [9.17, 15) is 0 Å². The minimum absolute atomic E-state index is 0.509. The Morgan fingerprint density at radius 1 is 1.38 bits per heavy atom. The molecule has 1 heterocycles. The standard InChI is InChI=1S/C11H6BrClN2S/c12-8-2-1-6(13)3-7(8)10-4-9(15)11(5-14)16-10/h1-4H,15H2. The molecule has 0 fully saturated rings. The lowest BCUT2D eigenvalue weighted by Crippen LogP contribution is -1.81. The van der Waals surface area contributed by atoms with Gasteiger partial charge in [-0.25, -0.2) is 0 Å². The maximum absolute atomic E-state index is 8.85. The summed E-state index contributed by atoms with van der Waals surface area (Å²) < 4.78 is 0.933. The SMILES string of the molecule is N#Cc1sc(-c2cc(Cl)ccc2Br)cc1N. The summed E-state index contributed by atoms with van der Waals surface area (Å²) in [4.78, 5) is 1.46. The molecule has 16 heavy (non-hydrogen) atoms. The fourth-order valence-corrected chi connectivity index (χ4v) is 2.98. The molecule has 0 aliphatic carbocycles. The van der Waals surface area contributed by atoms with Crippen LogP contribution in [-0.4, -0.2) is 0 Å². The van der Waals surface area contributed by atoms with Crippen molar-refractivity contribution in [3.8, 4) is 16.5 Å². The average molecular weight is 314 g/mol. The van der Waals surface area contributed by atoms with E-state index in [1.54, 1.807) is 12.1 Å². The van der Waals surface area contributed by atoms with Gasteiger partial charge >= 0.3 is 0 Å². The Bertz CT molecular complexity index is 586. The van der Waals surface area contributed by atoms with Gasteiger partial charge in [-0.05, 0) is 24.3 Å². The van der Waals surface area contributed by atoms with Crippen LogP contribution in [0.1, 0.15) is 4.88 Å². The normalized spacial score (nSPS) is 10.1. The van der Waals surface area contributed by atoms with Crippen LogP contribution in [0.5, 0.6) is 0 Å². The number of hydrogen-bond donors (Lipinski definition) is 1. The van der Waals surface area contributed by atoms with Crippen LogP contribution in [0.25, 0.3) is 10.4 Å². The third-order valence-electron chi connectivity index (χ3n) is 2.06. The Hall–Kier alpha value is -1.02. The zero-order valence-electron chi connectivity index (χ0n) is 8.00. The van der Waals surface area contributed by atoms with E-state index in [0.717, 1.165) is 14.9 Å². The average Bonchev–Trinajstić information content (AvgIpc) is 2.63. The fourth-order valence-electron chi connectivity index (χ4n) is 1.31. The molecular weight excluding hydrogens is 308 g/mol. The number of anilines is 1. The van der Waals surface area contributed by atoms with Crippen LogP contribution in [0.4, 0.5) is 5.69 Å². The van der Waals surface area contributed by atoms with Gasteiger partial charge in [-0.2, -0.15) is 5.26 Å². The largest absolute Gasteiger partial charge is 0.397 e. The van der Waals surface area contributed by atoms with E-state index in [1.807, 2.05) is 12.1 Å². The Morgan fingerprint density at radius 3 is 2.75 bits per heavy atom. The molecule has 0 bridgehead atoms. The highest BCUT2D eigenvalue weighted by Gasteiger charge is 2.10. The monoisotopic (exact) mass is 312 g/mol. The van der Waals surface area contributed by atoms with E-state index in [0.29, 0.717) is 15.6 Å². The van der Waals surface area contributed by atoms with Crippen molar-refractivity contribution in [1.82, 2.24) is 0 Å². The minimum atomic E-state index is 0.509. The van der Waals surface area contributed by atoms with E-state index >= 15 is 0 Å². The van der Waals surface area contributed by atoms with Gasteiger partial charge in [0.1, 0.15) is 10.9 Å². The topological polar surface area (TPSA) is 49.8 Å². The van der Waals surface area contributed by atoms with Crippen molar-refractivity contribution in [3.63, 3.8) is 0 Å². The molecule has 0 aliphatic rings. The van der Waals surface area contributed by atoms with Crippen LogP contribution >= 0.6 is 38.9 Å². The van der Waals surface area contributed by atoms with E-state index in [2.05, 4.69) is 22.0 Å². The summed E-state index contributed by atoms with van der Waals surface area (Å²) in [5, 5.41) is 9.50. The van der Waals surface area contributed by atoms with Gasteiger partial charge in [-0.1, -0.05) is 27.5 Å². The van der Waals surface area contributed by atoms with Gasteiger partial charge in [0.05, 0.1) is 5.69 Å². The van der Waals surface area contributed by atoms with Crippen LogP contribution in [0.3, 0.4) is 0 Å². The van der Waals surface area contributed by atoms with Crippen molar-refractivity contribution in [2.24, 2.45) is 0 Å². The first-order valence-electron chi connectivity index (χ1n) is 4.36. The lowest BCUT2D eigenvalue weighted by atomic mass is 10.2. The van der Waals surface area contributed by atoms with Gasteiger partial charge in [0.2, 0.25) is 0 Å². The highest BCUT2D eigenvalue weighted by molar-refractivity contribution is 9.10. The number of nitrogen functional groups attached to an aromatic ring is 1. The molecule has 0 amide bonds. The molecule has 0 atom stereocenters. The van der Waals surface area contributed by atoms with E-state index in [4.69, 9.17) is 22.6 Å². The molecule has 80 valence electrons. The van der Waals surface area contributed by atoms with Crippen molar-refractivity contribution >= 4 is 44.6 Å². The smallest absolute Gasteiger partial charge is 0.128 e. The molecule has 1 aromatic heterocycles. The summed E-state index contributed by atoms with van der Waals surface area (Å²) >= 11 is 10.7. The molecule has 1 aromatic carbocycles. The number of rotatable bonds is 1. The molecule has 2 N–H and O–H groups in total. The number of hydrogen-bond acceptors (Lipinski definition) is 3. The lowest BCUT2D eigenvalue weighted by Gasteiger charge is -2.01. The van der Waals surface area contributed by atoms with Gasteiger partial charge < -0.3 is 5.73 Å². The highest BCUT2D eigenvalue weighted by atomic mass is 79.9. The summed E-state index contributed by atoms with van der Waals surface area (Å²) in [6.45, 7) is 0. The zero-order valence-corrected chi connectivity index (χ0v) is 11.2. The summed E-state index contributed by atoms with van der Waals surface area (Å²) in [7, 11) is 0. The molecular formula is C11H6BrClN2S. The second-order valence-corrected chi connectivity index (χ2v) is 5.47. The highest BCUT2D eigenvalue weighted by Crippen LogP contribution is 2.37. The first-order chi connectivity index (χ1) is 7.61. The Labute approximate surface area is 110 Å². The fraction of sp³-hybridized carbons (Fsp3) is 0. The van der Waals surface area contributed by atoms with Gasteiger partial charge in [0, 0.05) is 19.9 Å². The predicted molar refractivity (Wildman–Crippen MR) is 71.6 cm³/mol. The number of nitriles is 1. The van der Waals surface area contributed by atoms with Crippen LogP contribution in [-0.2, 0) is 0 Å². The van der Waals surface area contributed by atoms with Gasteiger partial charge in [0.25, 0.3) is 0 Å². The number of thiophene rings is 1. The van der Waals surface area contributed by atoms with Crippen LogP contribution in [0, 0.1) is 11.3 Å². The molecule has 0 saturated heterocycles. The molecule has 5 heteroatoms. The zero-order chi connectivity index (χ0) is 11.7. The van der Waals surface area contributed by atoms with Gasteiger partial charge in [0.15, 0.2) is 0 Å². The molecule has 2 rings (SSSR count). The van der Waals surface area contributed by atoms with Crippen LogP contribution in [0.2, 0.25) is 5.02 Å². The third-order valence-corrected chi connectivity index (χ3v) is 4.07. The Morgan fingerprint density at radius 2 is 2.12 bits per heavy atom. The number of nitrogens with two attached hydrogens (primary N) is 1. The molecule has 0 spiro atoms. The first-order valence-corrected chi connectivity index (χ1v) is 6.35. The molecule has 2 aromatic rings. The number of benzene rings is 1. The number of halogens is 2. The second kappa shape index (κ2) is 4.46. The van der Waals surface area contributed by atoms with E-state index < -0.39 is 0 Å². The van der Waals surface area contributed by atoms with Crippen LogP contribution < -0.4 is 5.73 Å². The third kappa shape index (κ3) is 2.07. The summed E-state index contributed by atoms with van der Waals surface area (Å²) in [6.07, 6.45) is 0.